The van der Waals surface area contributed by atoms with Crippen LogP contribution in [0.25, 0.3) is 0 Å². The highest BCUT2D eigenvalue weighted by Crippen LogP contribution is 2.23. The molecule has 2 N–H and O–H groups in total. The second-order valence-electron chi connectivity index (χ2n) is 7.02. The van der Waals surface area contributed by atoms with Crippen molar-refractivity contribution < 1.29 is 23.5 Å². The van der Waals surface area contributed by atoms with Crippen molar-refractivity contribution in [2.75, 3.05) is 11.9 Å². The monoisotopic (exact) mass is 384 g/mol. The third-order valence-corrected chi connectivity index (χ3v) is 4.92. The zero-order valence-corrected chi connectivity index (χ0v) is 15.8. The predicted molar refractivity (Wildman–Crippen MR) is 103 cm³/mol. The molecule has 1 fully saturated rings. The summed E-state index contributed by atoms with van der Waals surface area (Å²) in [5.74, 6) is -0.613. The quantitative estimate of drug-likeness (QED) is 0.744. The second-order valence-corrected chi connectivity index (χ2v) is 7.02. The fraction of sp³-hybridized carbons (Fsp3) is 0.381. The lowest BCUT2D eigenvalue weighted by atomic mass is 9.86. The molecule has 3 rings (SSSR count). The van der Waals surface area contributed by atoms with Crippen molar-refractivity contribution in [1.29, 1.82) is 0 Å². The Bertz CT molecular complexity index is 814. The van der Waals surface area contributed by atoms with Crippen molar-refractivity contribution in [2.24, 2.45) is 5.92 Å². The first-order chi connectivity index (χ1) is 13.5. The van der Waals surface area contributed by atoms with Gasteiger partial charge in [-0.05, 0) is 55.2 Å². The lowest BCUT2D eigenvalue weighted by Crippen LogP contribution is -2.42. The van der Waals surface area contributed by atoms with E-state index in [0.29, 0.717) is 17.2 Å². The van der Waals surface area contributed by atoms with Crippen LogP contribution in [-0.4, -0.2) is 30.4 Å². The summed E-state index contributed by atoms with van der Waals surface area (Å²) in [5, 5.41) is 5.61. The van der Waals surface area contributed by atoms with Crippen molar-refractivity contribution >= 4 is 23.5 Å². The summed E-state index contributed by atoms with van der Waals surface area (Å²) >= 11 is 0. The summed E-state index contributed by atoms with van der Waals surface area (Å²) in [5.41, 5.74) is 0.816. The van der Waals surface area contributed by atoms with Crippen LogP contribution in [0.4, 0.5) is 5.69 Å². The molecular weight excluding hydrogens is 360 g/mol. The Balaban J connectivity index is 1.46. The molecule has 148 valence electrons. The van der Waals surface area contributed by atoms with Gasteiger partial charge in [-0.2, -0.15) is 0 Å². The smallest absolute Gasteiger partial charge is 0.338 e. The zero-order valence-electron chi connectivity index (χ0n) is 15.8. The maximum atomic E-state index is 12.1. The maximum Gasteiger partial charge on any atom is 0.338 e. The zero-order chi connectivity index (χ0) is 19.9. The van der Waals surface area contributed by atoms with Gasteiger partial charge in [0, 0.05) is 11.7 Å². The number of amides is 2. The molecule has 1 saturated carbocycles. The van der Waals surface area contributed by atoms with E-state index >= 15 is 0 Å². The topological polar surface area (TPSA) is 97.6 Å². The van der Waals surface area contributed by atoms with E-state index in [2.05, 4.69) is 17.6 Å². The molecule has 0 spiro atoms. The standard InChI is InChI=1S/C21H24N2O5/c1-14-5-2-3-6-17(14)23-19(24)13-28-21(26)15-8-10-16(11-9-15)22-20(25)18-7-4-12-27-18/h4,7-12,14,17H,2-3,5-6,13H2,1H3,(H,22,25)(H,23,24)/t14-,17+/m1/s1. The van der Waals surface area contributed by atoms with E-state index in [9.17, 15) is 14.4 Å². The molecule has 0 aliphatic heterocycles. The number of carbonyl (C=O) groups is 3. The molecule has 0 saturated heterocycles. The first-order valence-corrected chi connectivity index (χ1v) is 9.44. The molecule has 0 bridgehead atoms. The van der Waals surface area contributed by atoms with Crippen LogP contribution in [0.3, 0.4) is 0 Å². The van der Waals surface area contributed by atoms with E-state index in [1.54, 1.807) is 24.3 Å². The van der Waals surface area contributed by atoms with Crippen LogP contribution in [0.5, 0.6) is 0 Å². The number of hydrogen-bond donors (Lipinski definition) is 2. The van der Waals surface area contributed by atoms with E-state index in [4.69, 9.17) is 9.15 Å². The van der Waals surface area contributed by atoms with Gasteiger partial charge in [-0.15, -0.1) is 0 Å². The van der Waals surface area contributed by atoms with Crippen LogP contribution in [0.15, 0.2) is 47.1 Å². The minimum atomic E-state index is -0.587. The summed E-state index contributed by atoms with van der Waals surface area (Å²) in [6.07, 6.45) is 5.79. The van der Waals surface area contributed by atoms with Crippen LogP contribution >= 0.6 is 0 Å². The summed E-state index contributed by atoms with van der Waals surface area (Å²) in [6, 6.07) is 9.56. The molecule has 2 amide bonds. The third-order valence-electron chi connectivity index (χ3n) is 4.92. The number of furan rings is 1. The SMILES string of the molecule is C[C@@H]1CCCC[C@@H]1NC(=O)COC(=O)c1ccc(NC(=O)c2ccco2)cc1. The van der Waals surface area contributed by atoms with E-state index in [1.807, 2.05) is 0 Å². The van der Waals surface area contributed by atoms with E-state index in [1.165, 1.54) is 24.8 Å². The van der Waals surface area contributed by atoms with Crippen LogP contribution in [0.2, 0.25) is 0 Å². The molecule has 1 aliphatic carbocycles. The Morgan fingerprint density at radius 2 is 1.86 bits per heavy atom. The Hall–Kier alpha value is -3.09. The van der Waals surface area contributed by atoms with Gasteiger partial charge in [0.15, 0.2) is 12.4 Å². The molecular formula is C21H24N2O5. The van der Waals surface area contributed by atoms with Crippen molar-refractivity contribution in [1.82, 2.24) is 5.32 Å². The highest BCUT2D eigenvalue weighted by molar-refractivity contribution is 6.02. The van der Waals surface area contributed by atoms with Crippen molar-refractivity contribution in [3.63, 3.8) is 0 Å². The molecule has 1 aliphatic rings. The number of nitrogens with one attached hydrogen (secondary N) is 2. The summed E-state index contributed by atoms with van der Waals surface area (Å²) in [4.78, 5) is 36.1. The molecule has 1 heterocycles. The molecule has 0 unspecified atom stereocenters. The molecule has 2 atom stereocenters. The fourth-order valence-corrected chi connectivity index (χ4v) is 3.28. The number of hydrogen-bond acceptors (Lipinski definition) is 5. The summed E-state index contributed by atoms with van der Waals surface area (Å²) in [7, 11) is 0. The first-order valence-electron chi connectivity index (χ1n) is 9.44. The van der Waals surface area contributed by atoms with Crippen LogP contribution in [0, 0.1) is 5.92 Å². The highest BCUT2D eigenvalue weighted by atomic mass is 16.5. The van der Waals surface area contributed by atoms with E-state index < -0.39 is 5.97 Å². The number of esters is 1. The highest BCUT2D eigenvalue weighted by Gasteiger charge is 2.23. The molecule has 1 aromatic carbocycles. The Morgan fingerprint density at radius 1 is 1.11 bits per heavy atom. The number of benzene rings is 1. The van der Waals surface area contributed by atoms with Gasteiger partial charge in [-0.25, -0.2) is 4.79 Å². The van der Waals surface area contributed by atoms with Crippen molar-refractivity contribution in [3.8, 4) is 0 Å². The Labute approximate surface area is 163 Å². The van der Waals surface area contributed by atoms with Crippen molar-refractivity contribution in [2.45, 2.75) is 38.6 Å². The summed E-state index contributed by atoms with van der Waals surface area (Å²) < 4.78 is 10.1. The molecule has 7 nitrogen and oxygen atoms in total. The van der Waals surface area contributed by atoms with Gasteiger partial charge >= 0.3 is 5.97 Å². The molecule has 7 heteroatoms. The third kappa shape index (κ3) is 5.22. The second kappa shape index (κ2) is 9.21. The van der Waals surface area contributed by atoms with Gasteiger partial charge in [0.25, 0.3) is 11.8 Å². The van der Waals surface area contributed by atoms with Crippen LogP contribution in [-0.2, 0) is 9.53 Å². The molecule has 0 radical (unpaired) electrons. The summed E-state index contributed by atoms with van der Waals surface area (Å²) in [6.45, 7) is 1.82. The predicted octanol–water partition coefficient (Wildman–Crippen LogP) is 3.38. The Morgan fingerprint density at radius 3 is 2.54 bits per heavy atom. The van der Waals surface area contributed by atoms with Gasteiger partial charge in [-0.1, -0.05) is 19.8 Å². The minimum absolute atomic E-state index is 0.150. The average Bonchev–Trinajstić information content (AvgIpc) is 3.23. The molecule has 28 heavy (non-hydrogen) atoms. The fourth-order valence-electron chi connectivity index (χ4n) is 3.28. The molecule has 2 aromatic rings. The van der Waals surface area contributed by atoms with E-state index in [0.717, 1.165) is 19.3 Å². The number of carbonyl (C=O) groups excluding carboxylic acids is 3. The van der Waals surface area contributed by atoms with Crippen molar-refractivity contribution in [3.05, 3.63) is 54.0 Å². The van der Waals surface area contributed by atoms with Crippen LogP contribution in [0.1, 0.15) is 53.5 Å². The maximum absolute atomic E-state index is 12.1. The van der Waals surface area contributed by atoms with Gasteiger partial charge < -0.3 is 19.8 Å². The van der Waals surface area contributed by atoms with E-state index in [-0.39, 0.29) is 30.2 Å². The first kappa shape index (κ1) is 19.7. The van der Waals surface area contributed by atoms with Gasteiger partial charge in [0.05, 0.1) is 11.8 Å². The van der Waals surface area contributed by atoms with Crippen LogP contribution < -0.4 is 10.6 Å². The number of ether oxygens (including phenoxy) is 1. The minimum Gasteiger partial charge on any atom is -0.459 e. The van der Waals surface area contributed by atoms with Gasteiger partial charge in [-0.3, -0.25) is 9.59 Å². The number of rotatable bonds is 6. The Kier molecular flexibility index (Phi) is 6.47. The normalized spacial score (nSPS) is 18.9. The average molecular weight is 384 g/mol. The van der Waals surface area contributed by atoms with Gasteiger partial charge in [0.2, 0.25) is 0 Å². The van der Waals surface area contributed by atoms with Gasteiger partial charge in [0.1, 0.15) is 0 Å². The number of anilines is 1. The lowest BCUT2D eigenvalue weighted by Gasteiger charge is -2.29. The molecule has 1 aromatic heterocycles. The largest absolute Gasteiger partial charge is 0.459 e. The lowest BCUT2D eigenvalue weighted by molar-refractivity contribution is -0.125.